The predicted molar refractivity (Wildman–Crippen MR) is 66.4 cm³/mol. The van der Waals surface area contributed by atoms with Crippen molar-refractivity contribution < 1.29 is 9.59 Å². The summed E-state index contributed by atoms with van der Waals surface area (Å²) in [5.74, 6) is 1.02. The average Bonchev–Trinajstić information content (AvgIpc) is 2.28. The predicted octanol–water partition coefficient (Wildman–Crippen LogP) is 0.867. The van der Waals surface area contributed by atoms with Gasteiger partial charge in [-0.05, 0) is 31.8 Å². The molecule has 1 unspecified atom stereocenters. The van der Waals surface area contributed by atoms with E-state index >= 15 is 0 Å². The molecule has 16 heavy (non-hydrogen) atoms. The molecule has 2 amide bonds. The number of rotatable bonds is 5. The zero-order valence-electron chi connectivity index (χ0n) is 10.2. The highest BCUT2D eigenvalue weighted by Crippen LogP contribution is 2.23. The lowest BCUT2D eigenvalue weighted by atomic mass is 9.92. The van der Waals surface area contributed by atoms with Gasteiger partial charge in [0.15, 0.2) is 0 Å². The van der Waals surface area contributed by atoms with E-state index in [9.17, 15) is 9.59 Å². The van der Waals surface area contributed by atoms with Gasteiger partial charge in [-0.2, -0.15) is 11.8 Å². The normalized spacial score (nSPS) is 25.8. The fourth-order valence-electron chi connectivity index (χ4n) is 1.93. The third-order valence-electron chi connectivity index (χ3n) is 3.20. The van der Waals surface area contributed by atoms with Crippen LogP contribution in [0.15, 0.2) is 0 Å². The number of nitrogens with zero attached hydrogens (tertiary/aromatic N) is 1. The van der Waals surface area contributed by atoms with Crippen LogP contribution in [0.4, 0.5) is 0 Å². The van der Waals surface area contributed by atoms with Gasteiger partial charge in [0.05, 0.1) is 6.54 Å². The van der Waals surface area contributed by atoms with Crippen LogP contribution in [0.3, 0.4) is 0 Å². The second-order valence-electron chi connectivity index (χ2n) is 4.20. The summed E-state index contributed by atoms with van der Waals surface area (Å²) in [6, 6.07) is 0. The van der Waals surface area contributed by atoms with Crippen LogP contribution in [0.25, 0.3) is 0 Å². The molecule has 0 saturated carbocycles. The second kappa shape index (κ2) is 5.57. The molecule has 0 radical (unpaired) electrons. The molecule has 0 spiro atoms. The number of amides is 2. The first-order valence-corrected chi connectivity index (χ1v) is 7.03. The third-order valence-corrected chi connectivity index (χ3v) is 3.90. The van der Waals surface area contributed by atoms with Gasteiger partial charge in [0.2, 0.25) is 11.8 Å². The molecule has 0 aromatic rings. The van der Waals surface area contributed by atoms with Crippen LogP contribution in [0, 0.1) is 0 Å². The van der Waals surface area contributed by atoms with E-state index < -0.39 is 5.54 Å². The van der Waals surface area contributed by atoms with E-state index in [0.717, 1.165) is 12.2 Å². The lowest BCUT2D eigenvalue weighted by Gasteiger charge is -2.43. The molecule has 1 saturated heterocycles. The number of carbonyl (C=O) groups excluding carboxylic acids is 2. The molecule has 5 heteroatoms. The fourth-order valence-corrected chi connectivity index (χ4v) is 2.35. The Morgan fingerprint density at radius 3 is 2.75 bits per heavy atom. The summed E-state index contributed by atoms with van der Waals surface area (Å²) in [5, 5.41) is 2.66. The zero-order valence-corrected chi connectivity index (χ0v) is 11.0. The van der Waals surface area contributed by atoms with Crippen LogP contribution in [-0.2, 0) is 9.59 Å². The molecule has 1 aliphatic rings. The van der Waals surface area contributed by atoms with Crippen molar-refractivity contribution in [2.75, 3.05) is 25.1 Å². The summed E-state index contributed by atoms with van der Waals surface area (Å²) in [6.07, 6.45) is 3.64. The molecule has 1 heterocycles. The maximum Gasteiger partial charge on any atom is 0.246 e. The zero-order chi connectivity index (χ0) is 12.2. The van der Waals surface area contributed by atoms with E-state index in [1.165, 1.54) is 0 Å². The Balaban J connectivity index is 2.73. The summed E-state index contributed by atoms with van der Waals surface area (Å²) in [4.78, 5) is 25.4. The Bertz CT molecular complexity index is 283. The molecule has 1 atom stereocenters. The van der Waals surface area contributed by atoms with Crippen molar-refractivity contribution in [2.45, 2.75) is 32.2 Å². The molecule has 0 bridgehead atoms. The maximum absolute atomic E-state index is 11.8. The third kappa shape index (κ3) is 2.51. The van der Waals surface area contributed by atoms with Crippen LogP contribution in [0.5, 0.6) is 0 Å². The van der Waals surface area contributed by atoms with Crippen molar-refractivity contribution >= 4 is 23.6 Å². The fraction of sp³-hybridized carbons (Fsp3) is 0.818. The van der Waals surface area contributed by atoms with Crippen molar-refractivity contribution in [1.29, 1.82) is 0 Å². The van der Waals surface area contributed by atoms with Gasteiger partial charge in [-0.1, -0.05) is 6.92 Å². The first-order chi connectivity index (χ1) is 7.56. The van der Waals surface area contributed by atoms with Crippen molar-refractivity contribution in [3.63, 3.8) is 0 Å². The van der Waals surface area contributed by atoms with Crippen molar-refractivity contribution in [1.82, 2.24) is 10.2 Å². The highest BCUT2D eigenvalue weighted by atomic mass is 32.2. The van der Waals surface area contributed by atoms with Crippen molar-refractivity contribution in [3.8, 4) is 0 Å². The number of thioether (sulfide) groups is 1. The molecule has 0 aromatic carbocycles. The second-order valence-corrected chi connectivity index (χ2v) is 5.19. The number of hydrogen-bond donors (Lipinski definition) is 1. The smallest absolute Gasteiger partial charge is 0.246 e. The molecular formula is C11H20N2O2S. The molecule has 1 rings (SSSR count). The van der Waals surface area contributed by atoms with Gasteiger partial charge in [-0.15, -0.1) is 0 Å². The van der Waals surface area contributed by atoms with Gasteiger partial charge < -0.3 is 10.2 Å². The number of hydrogen-bond acceptors (Lipinski definition) is 3. The van der Waals surface area contributed by atoms with Gasteiger partial charge in [-0.3, -0.25) is 9.59 Å². The van der Waals surface area contributed by atoms with Crippen LogP contribution in [0.1, 0.15) is 26.7 Å². The van der Waals surface area contributed by atoms with Crippen molar-refractivity contribution in [3.05, 3.63) is 0 Å². The average molecular weight is 244 g/mol. The summed E-state index contributed by atoms with van der Waals surface area (Å²) >= 11 is 1.76. The minimum absolute atomic E-state index is 0.0289. The molecule has 0 aromatic heterocycles. The summed E-state index contributed by atoms with van der Waals surface area (Å²) in [7, 11) is 0. The Morgan fingerprint density at radius 2 is 2.19 bits per heavy atom. The summed E-state index contributed by atoms with van der Waals surface area (Å²) < 4.78 is 0. The monoisotopic (exact) mass is 244 g/mol. The highest BCUT2D eigenvalue weighted by Gasteiger charge is 2.43. The maximum atomic E-state index is 11.8. The van der Waals surface area contributed by atoms with E-state index in [2.05, 4.69) is 5.32 Å². The van der Waals surface area contributed by atoms with Gasteiger partial charge in [-0.25, -0.2) is 0 Å². The number of carbonyl (C=O) groups is 2. The molecule has 1 fully saturated rings. The van der Waals surface area contributed by atoms with E-state index in [4.69, 9.17) is 0 Å². The lowest BCUT2D eigenvalue weighted by molar-refractivity contribution is -0.152. The van der Waals surface area contributed by atoms with E-state index in [-0.39, 0.29) is 18.4 Å². The summed E-state index contributed by atoms with van der Waals surface area (Å²) in [5.41, 5.74) is -0.659. The molecule has 1 N–H and O–H groups in total. The van der Waals surface area contributed by atoms with Gasteiger partial charge in [0.25, 0.3) is 0 Å². The minimum Gasteiger partial charge on any atom is -0.345 e. The molecule has 92 valence electrons. The van der Waals surface area contributed by atoms with Gasteiger partial charge >= 0.3 is 0 Å². The van der Waals surface area contributed by atoms with Crippen LogP contribution in [-0.4, -0.2) is 47.4 Å². The topological polar surface area (TPSA) is 49.4 Å². The minimum atomic E-state index is -0.659. The SMILES string of the molecule is CCC1(C)C(=O)NCC(=O)N1CCCSC. The van der Waals surface area contributed by atoms with E-state index in [1.807, 2.05) is 20.1 Å². The molecule has 1 aliphatic heterocycles. The quantitative estimate of drug-likeness (QED) is 0.730. The standard InChI is InChI=1S/C11H20N2O2S/c1-4-11(2)10(15)12-8-9(14)13(11)6-5-7-16-3/h4-8H2,1-3H3,(H,12,15). The van der Waals surface area contributed by atoms with Crippen LogP contribution >= 0.6 is 11.8 Å². The largest absolute Gasteiger partial charge is 0.345 e. The Morgan fingerprint density at radius 1 is 1.50 bits per heavy atom. The Hall–Kier alpha value is -0.710. The van der Waals surface area contributed by atoms with Crippen molar-refractivity contribution in [2.24, 2.45) is 0 Å². The molecular weight excluding hydrogens is 224 g/mol. The van der Waals surface area contributed by atoms with Gasteiger partial charge in [0, 0.05) is 6.54 Å². The highest BCUT2D eigenvalue weighted by molar-refractivity contribution is 7.98. The van der Waals surface area contributed by atoms with Gasteiger partial charge in [0.1, 0.15) is 5.54 Å². The Labute approximate surface area is 101 Å². The van der Waals surface area contributed by atoms with Crippen LogP contribution < -0.4 is 5.32 Å². The summed E-state index contributed by atoms with van der Waals surface area (Å²) in [6.45, 7) is 4.61. The van der Waals surface area contributed by atoms with Crippen LogP contribution in [0.2, 0.25) is 0 Å². The first-order valence-electron chi connectivity index (χ1n) is 5.64. The van der Waals surface area contributed by atoms with E-state index in [0.29, 0.717) is 13.0 Å². The Kier molecular flexibility index (Phi) is 4.65. The number of nitrogens with one attached hydrogen (secondary N) is 1. The molecule has 0 aliphatic carbocycles. The lowest BCUT2D eigenvalue weighted by Crippen LogP contribution is -2.65. The first kappa shape index (κ1) is 13.4. The molecule has 4 nitrogen and oxygen atoms in total. The number of piperazine rings is 1. The van der Waals surface area contributed by atoms with E-state index in [1.54, 1.807) is 16.7 Å².